The van der Waals surface area contributed by atoms with Crippen LogP contribution in [0.4, 0.5) is 17.2 Å². The van der Waals surface area contributed by atoms with Gasteiger partial charge in [0.25, 0.3) is 11.6 Å². The predicted molar refractivity (Wildman–Crippen MR) is 71.7 cm³/mol. The minimum atomic E-state index is -0.665. The molecule has 8 nitrogen and oxygen atoms in total. The largest absolute Gasteiger partial charge is 0.397 e. The lowest BCUT2D eigenvalue weighted by atomic mass is 10.1. The highest BCUT2D eigenvalue weighted by Gasteiger charge is 2.19. The quantitative estimate of drug-likeness (QED) is 0.509. The van der Waals surface area contributed by atoms with Crippen molar-refractivity contribution in [3.63, 3.8) is 0 Å². The molecule has 0 saturated carbocycles. The Morgan fingerprint density at radius 3 is 2.75 bits per heavy atom. The molecule has 0 saturated heterocycles. The summed E-state index contributed by atoms with van der Waals surface area (Å²) in [6, 6.07) is 3.62. The second-order valence-electron chi connectivity index (χ2n) is 3.92. The van der Waals surface area contributed by atoms with Crippen molar-refractivity contribution in [2.45, 2.75) is 6.92 Å². The molecule has 0 spiro atoms. The summed E-state index contributed by atoms with van der Waals surface area (Å²) in [7, 11) is 0. The van der Waals surface area contributed by atoms with Gasteiger partial charge in [-0.05, 0) is 6.92 Å². The summed E-state index contributed by atoms with van der Waals surface area (Å²) in [5.74, 6) is 0.0151. The molecule has 0 aliphatic carbocycles. The number of anilines is 2. The second kappa shape index (κ2) is 5.17. The molecule has 1 aromatic carbocycles. The molecule has 9 heteroatoms. The number of benzene rings is 1. The van der Waals surface area contributed by atoms with E-state index in [0.717, 1.165) is 12.1 Å². The number of aromatic nitrogens is 1. The van der Waals surface area contributed by atoms with Crippen LogP contribution in [0.25, 0.3) is 0 Å². The maximum atomic E-state index is 12.0. The number of carbonyl (C=O) groups excluding carboxylic acids is 1. The van der Waals surface area contributed by atoms with E-state index in [4.69, 9.17) is 21.9 Å². The molecule has 2 rings (SSSR count). The maximum absolute atomic E-state index is 12.0. The zero-order valence-electron chi connectivity index (χ0n) is 10.2. The summed E-state index contributed by atoms with van der Waals surface area (Å²) in [6.07, 6.45) is 0. The van der Waals surface area contributed by atoms with Gasteiger partial charge in [0.2, 0.25) is 0 Å². The number of nitrogens with zero attached hydrogens (tertiary/aromatic N) is 2. The van der Waals surface area contributed by atoms with Crippen molar-refractivity contribution in [1.29, 1.82) is 0 Å². The van der Waals surface area contributed by atoms with E-state index in [1.165, 1.54) is 6.07 Å². The highest BCUT2D eigenvalue weighted by molar-refractivity contribution is 6.34. The van der Waals surface area contributed by atoms with Gasteiger partial charge in [-0.2, -0.15) is 0 Å². The molecule has 0 aliphatic rings. The molecule has 1 amide bonds. The second-order valence-corrected chi connectivity index (χ2v) is 4.33. The van der Waals surface area contributed by atoms with Crippen LogP contribution in [0.1, 0.15) is 16.1 Å². The van der Waals surface area contributed by atoms with Gasteiger partial charge < -0.3 is 15.6 Å². The Labute approximate surface area is 117 Å². The molecule has 0 atom stereocenters. The zero-order chi connectivity index (χ0) is 14.9. The number of nitrogens with two attached hydrogens (primary N) is 1. The lowest BCUT2D eigenvalue weighted by molar-refractivity contribution is -0.384. The van der Waals surface area contributed by atoms with Crippen LogP contribution in [0.2, 0.25) is 5.02 Å². The predicted octanol–water partition coefficient (Wildman–Crippen LogP) is 2.38. The van der Waals surface area contributed by atoms with Crippen LogP contribution in [0.5, 0.6) is 0 Å². The van der Waals surface area contributed by atoms with E-state index in [-0.39, 0.29) is 27.8 Å². The van der Waals surface area contributed by atoms with E-state index >= 15 is 0 Å². The van der Waals surface area contributed by atoms with Crippen molar-refractivity contribution >= 4 is 34.7 Å². The Kier molecular flexibility index (Phi) is 3.57. The van der Waals surface area contributed by atoms with Crippen molar-refractivity contribution in [1.82, 2.24) is 5.16 Å². The van der Waals surface area contributed by atoms with Crippen LogP contribution >= 0.6 is 11.6 Å². The summed E-state index contributed by atoms with van der Waals surface area (Å²) in [5.41, 5.74) is 5.17. The Balaban J connectivity index is 2.36. The fourth-order valence-corrected chi connectivity index (χ4v) is 1.72. The van der Waals surface area contributed by atoms with Crippen LogP contribution in [0.15, 0.2) is 22.7 Å². The topological polar surface area (TPSA) is 124 Å². The average molecular weight is 297 g/mol. The van der Waals surface area contributed by atoms with E-state index in [1.807, 2.05) is 0 Å². The fourth-order valence-electron chi connectivity index (χ4n) is 1.51. The first-order valence-corrected chi connectivity index (χ1v) is 5.74. The molecular formula is C11H9ClN4O4. The Bertz CT molecular complexity index is 698. The Morgan fingerprint density at radius 1 is 1.50 bits per heavy atom. The number of halogens is 1. The minimum Gasteiger partial charge on any atom is -0.397 e. The van der Waals surface area contributed by atoms with Crippen molar-refractivity contribution < 1.29 is 14.2 Å². The summed E-state index contributed by atoms with van der Waals surface area (Å²) in [4.78, 5) is 22.1. The number of rotatable bonds is 3. The monoisotopic (exact) mass is 296 g/mol. The molecule has 20 heavy (non-hydrogen) atoms. The third kappa shape index (κ3) is 2.69. The lowest BCUT2D eigenvalue weighted by Gasteiger charge is -2.06. The smallest absolute Gasteiger partial charge is 0.271 e. The number of nitro benzene ring substituents is 1. The first-order chi connectivity index (χ1) is 9.38. The normalized spacial score (nSPS) is 10.3. The third-order valence-corrected chi connectivity index (χ3v) is 2.75. The van der Waals surface area contributed by atoms with Crippen molar-refractivity contribution in [3.8, 4) is 0 Å². The summed E-state index contributed by atoms with van der Waals surface area (Å²) in [5, 5.41) is 16.7. The molecule has 0 radical (unpaired) electrons. The van der Waals surface area contributed by atoms with Crippen LogP contribution in [0.3, 0.4) is 0 Å². The molecule has 2 aromatic rings. The van der Waals surface area contributed by atoms with Crippen LogP contribution in [-0.4, -0.2) is 16.0 Å². The van der Waals surface area contributed by atoms with Gasteiger partial charge in [0.15, 0.2) is 5.82 Å². The number of aryl methyl sites for hydroxylation is 1. The van der Waals surface area contributed by atoms with Gasteiger partial charge in [-0.3, -0.25) is 14.9 Å². The molecule has 1 aromatic heterocycles. The standard InChI is InChI=1S/C11H9ClN4O4/c1-5-2-9(15-20-5)14-11(17)7-3-6(16(18)19)4-8(12)10(7)13/h2-4H,13H2,1H3,(H,14,15,17). The van der Waals surface area contributed by atoms with E-state index in [1.54, 1.807) is 6.92 Å². The maximum Gasteiger partial charge on any atom is 0.271 e. The van der Waals surface area contributed by atoms with E-state index < -0.39 is 10.8 Å². The number of nitrogen functional groups attached to an aromatic ring is 1. The minimum absolute atomic E-state index is 0.0463. The summed E-state index contributed by atoms with van der Waals surface area (Å²) < 4.78 is 4.79. The molecule has 0 fully saturated rings. The average Bonchev–Trinajstić information content (AvgIpc) is 2.77. The molecule has 104 valence electrons. The molecule has 0 bridgehead atoms. The Hall–Kier alpha value is -2.61. The molecule has 1 heterocycles. The SMILES string of the molecule is Cc1cc(NC(=O)c2cc([N+](=O)[O-])cc(Cl)c2N)no1. The van der Waals surface area contributed by atoms with Gasteiger partial charge >= 0.3 is 0 Å². The van der Waals surface area contributed by atoms with Gasteiger partial charge in [0.1, 0.15) is 5.76 Å². The van der Waals surface area contributed by atoms with Gasteiger partial charge in [-0.1, -0.05) is 16.8 Å². The van der Waals surface area contributed by atoms with Gasteiger partial charge in [-0.15, -0.1) is 0 Å². The number of hydrogen-bond acceptors (Lipinski definition) is 6. The number of nitrogens with one attached hydrogen (secondary N) is 1. The lowest BCUT2D eigenvalue weighted by Crippen LogP contribution is -2.15. The molecule has 0 unspecified atom stereocenters. The van der Waals surface area contributed by atoms with Gasteiger partial charge in [0.05, 0.1) is 21.2 Å². The highest BCUT2D eigenvalue weighted by atomic mass is 35.5. The van der Waals surface area contributed by atoms with Crippen LogP contribution in [-0.2, 0) is 0 Å². The number of carbonyl (C=O) groups is 1. The van der Waals surface area contributed by atoms with Crippen molar-refractivity contribution in [2.24, 2.45) is 0 Å². The number of nitro groups is 1. The van der Waals surface area contributed by atoms with E-state index in [0.29, 0.717) is 5.76 Å². The van der Waals surface area contributed by atoms with E-state index in [9.17, 15) is 14.9 Å². The summed E-state index contributed by atoms with van der Waals surface area (Å²) in [6.45, 7) is 1.65. The van der Waals surface area contributed by atoms with Crippen molar-refractivity contribution in [3.05, 3.63) is 44.7 Å². The Morgan fingerprint density at radius 2 is 2.20 bits per heavy atom. The molecule has 3 N–H and O–H groups in total. The first kappa shape index (κ1) is 13.8. The number of non-ortho nitro benzene ring substituents is 1. The molecular weight excluding hydrogens is 288 g/mol. The van der Waals surface area contributed by atoms with E-state index in [2.05, 4.69) is 10.5 Å². The number of amides is 1. The van der Waals surface area contributed by atoms with Crippen molar-refractivity contribution in [2.75, 3.05) is 11.1 Å². The van der Waals surface area contributed by atoms with Gasteiger partial charge in [-0.25, -0.2) is 0 Å². The van der Waals surface area contributed by atoms with Crippen LogP contribution in [0, 0.1) is 17.0 Å². The number of hydrogen-bond donors (Lipinski definition) is 2. The molecule has 0 aliphatic heterocycles. The summed E-state index contributed by atoms with van der Waals surface area (Å²) >= 11 is 5.77. The first-order valence-electron chi connectivity index (χ1n) is 5.36. The zero-order valence-corrected chi connectivity index (χ0v) is 11.0. The highest BCUT2D eigenvalue weighted by Crippen LogP contribution is 2.29. The van der Waals surface area contributed by atoms with Crippen LogP contribution < -0.4 is 11.1 Å². The van der Waals surface area contributed by atoms with Gasteiger partial charge in [0, 0.05) is 18.2 Å². The third-order valence-electron chi connectivity index (χ3n) is 2.44. The fraction of sp³-hybridized carbons (Fsp3) is 0.0909.